The van der Waals surface area contributed by atoms with Crippen LogP contribution >= 0.6 is 0 Å². The largest absolute Gasteiger partial charge is 0.493 e. The van der Waals surface area contributed by atoms with Crippen molar-refractivity contribution in [2.75, 3.05) is 32.9 Å². The minimum atomic E-state index is -0.107. The number of amides is 1. The molecule has 1 aromatic carbocycles. The van der Waals surface area contributed by atoms with Crippen LogP contribution in [0.5, 0.6) is 11.5 Å². The number of benzene rings is 1. The number of hydrogen-bond donors (Lipinski definition) is 1. The quantitative estimate of drug-likeness (QED) is 0.728. The molecule has 2 heterocycles. The Hall–Kier alpha value is -2.05. The van der Waals surface area contributed by atoms with Gasteiger partial charge in [0.25, 0.3) is 0 Å². The molecule has 6 nitrogen and oxygen atoms in total. The maximum absolute atomic E-state index is 12.5. The van der Waals surface area contributed by atoms with E-state index in [0.29, 0.717) is 6.61 Å². The van der Waals surface area contributed by atoms with Crippen LogP contribution < -0.4 is 14.8 Å². The number of hydrogen-bond acceptors (Lipinski definition) is 5. The second kappa shape index (κ2) is 9.43. The monoisotopic (exact) mass is 388 g/mol. The van der Waals surface area contributed by atoms with Crippen molar-refractivity contribution in [1.29, 1.82) is 0 Å². The van der Waals surface area contributed by atoms with E-state index in [1.165, 1.54) is 0 Å². The highest BCUT2D eigenvalue weighted by Gasteiger charge is 2.23. The molecule has 3 unspecified atom stereocenters. The molecule has 1 N–H and O–H groups in total. The van der Waals surface area contributed by atoms with E-state index in [1.807, 2.05) is 26.0 Å². The first-order valence-corrected chi connectivity index (χ1v) is 10.2. The number of fused-ring (bicyclic) bond motifs is 1. The van der Waals surface area contributed by atoms with Crippen LogP contribution in [-0.2, 0) is 16.0 Å². The predicted molar refractivity (Wildman–Crippen MR) is 110 cm³/mol. The molecule has 1 aromatic rings. The lowest BCUT2D eigenvalue weighted by molar-refractivity contribution is -0.117. The molecule has 154 valence electrons. The molecule has 0 bridgehead atoms. The van der Waals surface area contributed by atoms with E-state index in [1.54, 1.807) is 12.2 Å². The lowest BCUT2D eigenvalue weighted by atomic mass is 10.1. The van der Waals surface area contributed by atoms with Gasteiger partial charge in [0, 0.05) is 48.8 Å². The summed E-state index contributed by atoms with van der Waals surface area (Å²) in [5.41, 5.74) is 2.02. The van der Waals surface area contributed by atoms with Crippen LogP contribution in [0.4, 0.5) is 0 Å². The Morgan fingerprint density at radius 2 is 2.11 bits per heavy atom. The summed E-state index contributed by atoms with van der Waals surface area (Å²) in [6, 6.07) is 4.30. The summed E-state index contributed by atoms with van der Waals surface area (Å²) in [4.78, 5) is 14.8. The van der Waals surface area contributed by atoms with E-state index in [9.17, 15) is 4.79 Å². The van der Waals surface area contributed by atoms with Crippen molar-refractivity contribution < 1.29 is 19.0 Å². The first-order chi connectivity index (χ1) is 13.5. The second-order valence-electron chi connectivity index (χ2n) is 7.58. The van der Waals surface area contributed by atoms with Crippen molar-refractivity contribution in [2.24, 2.45) is 0 Å². The molecule has 0 spiro atoms. The highest BCUT2D eigenvalue weighted by molar-refractivity contribution is 5.92. The first kappa shape index (κ1) is 20.7. The highest BCUT2D eigenvalue weighted by atomic mass is 16.5. The van der Waals surface area contributed by atoms with Crippen molar-refractivity contribution >= 4 is 12.0 Å². The normalized spacial score (nSPS) is 21.8. The average Bonchev–Trinajstić information content (AvgIpc) is 3.05. The van der Waals surface area contributed by atoms with Gasteiger partial charge in [-0.3, -0.25) is 9.69 Å². The van der Waals surface area contributed by atoms with Crippen LogP contribution in [0.15, 0.2) is 18.2 Å². The zero-order valence-electron chi connectivity index (χ0n) is 17.4. The molecule has 3 atom stereocenters. The lowest BCUT2D eigenvalue weighted by Crippen LogP contribution is -2.51. The van der Waals surface area contributed by atoms with E-state index in [4.69, 9.17) is 14.2 Å². The molecule has 3 rings (SSSR count). The zero-order valence-corrected chi connectivity index (χ0v) is 17.4. The van der Waals surface area contributed by atoms with Crippen molar-refractivity contribution in [3.05, 3.63) is 29.3 Å². The molecule has 1 fully saturated rings. The van der Waals surface area contributed by atoms with E-state index in [0.717, 1.165) is 55.4 Å². The molecular weight excluding hydrogens is 356 g/mol. The van der Waals surface area contributed by atoms with Gasteiger partial charge in [0.1, 0.15) is 17.6 Å². The third-order valence-electron chi connectivity index (χ3n) is 5.46. The van der Waals surface area contributed by atoms with E-state index >= 15 is 0 Å². The molecule has 0 saturated carbocycles. The Balaban J connectivity index is 1.64. The summed E-state index contributed by atoms with van der Waals surface area (Å²) in [7, 11) is 0. The summed E-state index contributed by atoms with van der Waals surface area (Å²) in [5.74, 6) is 1.56. The first-order valence-electron chi connectivity index (χ1n) is 10.2. The molecule has 0 radical (unpaired) electrons. The molecule has 2 aliphatic heterocycles. The number of ether oxygens (including phenoxy) is 3. The summed E-state index contributed by atoms with van der Waals surface area (Å²) in [5, 5.41) is 3.08. The van der Waals surface area contributed by atoms with Crippen molar-refractivity contribution in [2.45, 2.75) is 52.3 Å². The van der Waals surface area contributed by atoms with Gasteiger partial charge in [-0.2, -0.15) is 0 Å². The van der Waals surface area contributed by atoms with Gasteiger partial charge in [0.2, 0.25) is 5.91 Å². The van der Waals surface area contributed by atoms with Crippen LogP contribution in [0.25, 0.3) is 6.08 Å². The molecule has 28 heavy (non-hydrogen) atoms. The van der Waals surface area contributed by atoms with Gasteiger partial charge in [0.15, 0.2) is 0 Å². The van der Waals surface area contributed by atoms with E-state index < -0.39 is 0 Å². The topological polar surface area (TPSA) is 60.0 Å². The third-order valence-corrected chi connectivity index (χ3v) is 5.46. The fourth-order valence-corrected chi connectivity index (χ4v) is 3.73. The van der Waals surface area contributed by atoms with Gasteiger partial charge in [-0.15, -0.1) is 0 Å². The van der Waals surface area contributed by atoms with Crippen LogP contribution in [0.3, 0.4) is 0 Å². The van der Waals surface area contributed by atoms with Gasteiger partial charge < -0.3 is 19.5 Å². The fourth-order valence-electron chi connectivity index (χ4n) is 3.73. The van der Waals surface area contributed by atoms with Crippen molar-refractivity contribution in [3.63, 3.8) is 0 Å². The molecule has 1 amide bonds. The molecule has 0 aromatic heterocycles. The molecular formula is C22H32N2O4. The minimum absolute atomic E-state index is 0.0471. The third kappa shape index (κ3) is 5.06. The summed E-state index contributed by atoms with van der Waals surface area (Å²) < 4.78 is 17.0. The van der Waals surface area contributed by atoms with Gasteiger partial charge >= 0.3 is 0 Å². The SMILES string of the molecule is CCOc1cc2c(cc1C=CC(=O)NC(C)C(C)N1CCOCC1)OC(C)C2. The van der Waals surface area contributed by atoms with E-state index in [2.05, 4.69) is 24.1 Å². The average molecular weight is 389 g/mol. The smallest absolute Gasteiger partial charge is 0.244 e. The van der Waals surface area contributed by atoms with Crippen LogP contribution in [0.2, 0.25) is 0 Å². The Morgan fingerprint density at radius 1 is 1.36 bits per heavy atom. The Kier molecular flexibility index (Phi) is 6.97. The Morgan fingerprint density at radius 3 is 2.82 bits per heavy atom. The van der Waals surface area contributed by atoms with Gasteiger partial charge in [-0.1, -0.05) is 0 Å². The summed E-state index contributed by atoms with van der Waals surface area (Å²) in [6.07, 6.45) is 4.44. The molecule has 6 heteroatoms. The number of nitrogens with zero attached hydrogens (tertiary/aromatic N) is 1. The standard InChI is InChI=1S/C22H32N2O4/c1-5-27-20-14-19-12-15(2)28-21(19)13-18(20)6-7-22(25)23-16(3)17(4)24-8-10-26-11-9-24/h6-7,13-17H,5,8-12H2,1-4H3,(H,23,25). The second-order valence-corrected chi connectivity index (χ2v) is 7.58. The number of carbonyl (C=O) groups excluding carboxylic acids is 1. The molecule has 0 aliphatic carbocycles. The number of rotatable bonds is 7. The Bertz CT molecular complexity index is 713. The predicted octanol–water partition coefficient (Wildman–Crippen LogP) is 2.65. The maximum atomic E-state index is 12.5. The minimum Gasteiger partial charge on any atom is -0.493 e. The van der Waals surface area contributed by atoms with Crippen LogP contribution in [0.1, 0.15) is 38.8 Å². The molecule has 1 saturated heterocycles. The van der Waals surface area contributed by atoms with Crippen LogP contribution in [0, 0.1) is 0 Å². The summed E-state index contributed by atoms with van der Waals surface area (Å²) in [6.45, 7) is 12.1. The number of nitrogens with one attached hydrogen (secondary N) is 1. The van der Waals surface area contributed by atoms with Gasteiger partial charge in [0.05, 0.1) is 19.8 Å². The van der Waals surface area contributed by atoms with Gasteiger partial charge in [-0.05, 0) is 45.9 Å². The lowest BCUT2D eigenvalue weighted by Gasteiger charge is -2.35. The highest BCUT2D eigenvalue weighted by Crippen LogP contribution is 2.35. The van der Waals surface area contributed by atoms with Crippen LogP contribution in [-0.4, -0.2) is 61.9 Å². The number of morpholine rings is 1. The van der Waals surface area contributed by atoms with Crippen molar-refractivity contribution in [1.82, 2.24) is 10.2 Å². The van der Waals surface area contributed by atoms with Gasteiger partial charge in [-0.25, -0.2) is 0 Å². The zero-order chi connectivity index (χ0) is 20.1. The fraction of sp³-hybridized carbons (Fsp3) is 0.591. The summed E-state index contributed by atoms with van der Waals surface area (Å²) >= 11 is 0. The van der Waals surface area contributed by atoms with E-state index in [-0.39, 0.29) is 24.1 Å². The van der Waals surface area contributed by atoms with Crippen molar-refractivity contribution in [3.8, 4) is 11.5 Å². The number of carbonyl (C=O) groups is 1. The Labute approximate surface area is 167 Å². The molecule has 2 aliphatic rings. The maximum Gasteiger partial charge on any atom is 0.244 e.